The summed E-state index contributed by atoms with van der Waals surface area (Å²) in [4.78, 5) is 16.8. The summed E-state index contributed by atoms with van der Waals surface area (Å²) in [6, 6.07) is 15.2. The average Bonchev–Trinajstić information content (AvgIpc) is 2.60. The van der Waals surface area contributed by atoms with Crippen molar-refractivity contribution in [1.82, 2.24) is 0 Å². The molecule has 0 aliphatic heterocycles. The molecular weight excluding hydrogens is 304 g/mol. The van der Waals surface area contributed by atoms with Gasteiger partial charge in [0.15, 0.2) is 6.61 Å². The lowest BCUT2D eigenvalue weighted by Gasteiger charge is -2.06. The predicted octanol–water partition coefficient (Wildman–Crippen LogP) is 3.64. The Balaban J connectivity index is 1.77. The molecule has 0 fully saturated rings. The zero-order valence-electron chi connectivity index (χ0n) is 14.0. The van der Waals surface area contributed by atoms with E-state index >= 15 is 0 Å². The maximum atomic E-state index is 11.8. The maximum absolute atomic E-state index is 11.8. The van der Waals surface area contributed by atoms with Crippen molar-refractivity contribution in [3.8, 4) is 5.75 Å². The molecule has 5 heteroatoms. The highest BCUT2D eigenvalue weighted by Crippen LogP contribution is 2.11. The number of ether oxygens (including phenoxy) is 1. The number of oxime groups is 1. The highest BCUT2D eigenvalue weighted by Gasteiger charge is 2.03. The van der Waals surface area contributed by atoms with Crippen molar-refractivity contribution in [3.05, 3.63) is 59.7 Å². The van der Waals surface area contributed by atoms with Crippen LogP contribution in [0, 0.1) is 0 Å². The minimum Gasteiger partial charge on any atom is -0.494 e. The molecule has 0 bridgehead atoms. The molecule has 0 aliphatic carbocycles. The van der Waals surface area contributed by atoms with Crippen molar-refractivity contribution in [2.24, 2.45) is 5.16 Å². The molecule has 0 heterocycles. The first kappa shape index (κ1) is 17.5. The Hall–Kier alpha value is -2.82. The largest absolute Gasteiger partial charge is 0.494 e. The molecule has 0 aliphatic rings. The van der Waals surface area contributed by atoms with Crippen LogP contribution in [-0.4, -0.2) is 25.3 Å². The third-order valence-electron chi connectivity index (χ3n) is 3.28. The van der Waals surface area contributed by atoms with Gasteiger partial charge in [-0.05, 0) is 60.9 Å². The van der Waals surface area contributed by atoms with E-state index in [-0.39, 0.29) is 12.5 Å². The summed E-state index contributed by atoms with van der Waals surface area (Å²) in [6.45, 7) is 4.50. The number of hydrogen-bond donors (Lipinski definition) is 1. The minimum absolute atomic E-state index is 0.135. The first-order valence-corrected chi connectivity index (χ1v) is 7.98. The highest BCUT2D eigenvalue weighted by atomic mass is 16.6. The van der Waals surface area contributed by atoms with Gasteiger partial charge in [0.1, 0.15) is 5.75 Å². The number of rotatable bonds is 8. The predicted molar refractivity (Wildman–Crippen MR) is 95.6 cm³/mol. The number of amides is 1. The smallest absolute Gasteiger partial charge is 0.265 e. The molecule has 0 saturated heterocycles. The second-order valence-electron chi connectivity index (χ2n) is 5.11. The van der Waals surface area contributed by atoms with E-state index < -0.39 is 0 Å². The Morgan fingerprint density at radius 3 is 2.67 bits per heavy atom. The monoisotopic (exact) mass is 326 g/mol. The molecule has 126 valence electrons. The Kier molecular flexibility index (Phi) is 6.83. The fourth-order valence-electron chi connectivity index (χ4n) is 2.08. The molecule has 0 atom stereocenters. The van der Waals surface area contributed by atoms with E-state index in [1.54, 1.807) is 6.21 Å². The fourth-order valence-corrected chi connectivity index (χ4v) is 2.08. The molecular formula is C19H22N2O3. The van der Waals surface area contributed by atoms with Gasteiger partial charge < -0.3 is 14.9 Å². The molecule has 2 aromatic rings. The van der Waals surface area contributed by atoms with E-state index in [1.165, 1.54) is 5.56 Å². The van der Waals surface area contributed by atoms with E-state index in [1.807, 2.05) is 55.5 Å². The number of nitrogens with one attached hydrogen (secondary N) is 1. The van der Waals surface area contributed by atoms with Gasteiger partial charge in [-0.2, -0.15) is 0 Å². The Labute approximate surface area is 142 Å². The molecule has 1 N–H and O–H groups in total. The molecule has 0 saturated carbocycles. The number of aryl methyl sites for hydroxylation is 1. The summed E-state index contributed by atoms with van der Waals surface area (Å²) in [6.07, 6.45) is 2.48. The lowest BCUT2D eigenvalue weighted by molar-refractivity contribution is -0.120. The molecule has 0 radical (unpaired) electrons. The van der Waals surface area contributed by atoms with Crippen molar-refractivity contribution in [1.29, 1.82) is 0 Å². The standard InChI is InChI=1S/C19H22N2O3/c1-3-15-6-5-7-17(12-15)21-19(22)14-24-20-13-16-8-10-18(11-9-16)23-4-2/h5-13H,3-4,14H2,1-2H3,(H,21,22)/b20-13-. The lowest BCUT2D eigenvalue weighted by atomic mass is 10.1. The number of anilines is 1. The molecule has 0 unspecified atom stereocenters. The first-order chi connectivity index (χ1) is 11.7. The van der Waals surface area contributed by atoms with Gasteiger partial charge in [0, 0.05) is 5.69 Å². The quantitative estimate of drug-likeness (QED) is 0.595. The number of nitrogens with zero attached hydrogens (tertiary/aromatic N) is 1. The van der Waals surface area contributed by atoms with E-state index in [0.29, 0.717) is 6.61 Å². The van der Waals surface area contributed by atoms with Crippen LogP contribution in [0.25, 0.3) is 0 Å². The van der Waals surface area contributed by atoms with Crippen molar-refractivity contribution in [2.75, 3.05) is 18.5 Å². The zero-order valence-corrected chi connectivity index (χ0v) is 14.0. The van der Waals surface area contributed by atoms with E-state index in [2.05, 4.69) is 17.4 Å². The summed E-state index contributed by atoms with van der Waals surface area (Å²) in [5.41, 5.74) is 2.80. The van der Waals surface area contributed by atoms with Crippen LogP contribution in [0.1, 0.15) is 25.0 Å². The van der Waals surface area contributed by atoms with Crippen molar-refractivity contribution >= 4 is 17.8 Å². The van der Waals surface area contributed by atoms with Crippen molar-refractivity contribution in [2.45, 2.75) is 20.3 Å². The van der Waals surface area contributed by atoms with Gasteiger partial charge in [0.25, 0.3) is 5.91 Å². The second kappa shape index (κ2) is 9.35. The summed E-state index contributed by atoms with van der Waals surface area (Å²) < 4.78 is 5.36. The van der Waals surface area contributed by atoms with Crippen LogP contribution >= 0.6 is 0 Å². The van der Waals surface area contributed by atoms with Crippen LogP contribution in [-0.2, 0) is 16.1 Å². The van der Waals surface area contributed by atoms with Gasteiger partial charge in [-0.1, -0.05) is 24.2 Å². The SMILES string of the molecule is CCOc1ccc(/C=N\OCC(=O)Nc2cccc(CC)c2)cc1. The topological polar surface area (TPSA) is 59.9 Å². The Morgan fingerprint density at radius 2 is 1.96 bits per heavy atom. The van der Waals surface area contributed by atoms with Crippen LogP contribution in [0.15, 0.2) is 53.7 Å². The van der Waals surface area contributed by atoms with Gasteiger partial charge in [-0.25, -0.2) is 0 Å². The van der Waals surface area contributed by atoms with Crippen LogP contribution in [0.2, 0.25) is 0 Å². The first-order valence-electron chi connectivity index (χ1n) is 7.98. The van der Waals surface area contributed by atoms with Crippen molar-refractivity contribution < 1.29 is 14.4 Å². The molecule has 2 aromatic carbocycles. The number of carbonyl (C=O) groups is 1. The van der Waals surface area contributed by atoms with Gasteiger partial charge in [0.2, 0.25) is 0 Å². The van der Waals surface area contributed by atoms with E-state index in [9.17, 15) is 4.79 Å². The summed E-state index contributed by atoms with van der Waals surface area (Å²) in [5.74, 6) is 0.566. The summed E-state index contributed by atoms with van der Waals surface area (Å²) in [7, 11) is 0. The number of hydrogen-bond acceptors (Lipinski definition) is 4. The molecule has 24 heavy (non-hydrogen) atoms. The third-order valence-corrected chi connectivity index (χ3v) is 3.28. The second-order valence-corrected chi connectivity index (χ2v) is 5.11. The summed E-state index contributed by atoms with van der Waals surface area (Å²) >= 11 is 0. The molecule has 5 nitrogen and oxygen atoms in total. The molecule has 2 rings (SSSR count). The fraction of sp³-hybridized carbons (Fsp3) is 0.263. The molecule has 0 spiro atoms. The van der Waals surface area contributed by atoms with Crippen LogP contribution in [0.5, 0.6) is 5.75 Å². The minimum atomic E-state index is -0.243. The zero-order chi connectivity index (χ0) is 17.2. The normalized spacial score (nSPS) is 10.6. The third kappa shape index (κ3) is 5.76. The number of carbonyl (C=O) groups excluding carboxylic acids is 1. The van der Waals surface area contributed by atoms with Crippen LogP contribution < -0.4 is 10.1 Å². The highest BCUT2D eigenvalue weighted by molar-refractivity contribution is 5.91. The molecule has 0 aromatic heterocycles. The van der Waals surface area contributed by atoms with Crippen LogP contribution in [0.4, 0.5) is 5.69 Å². The lowest BCUT2D eigenvalue weighted by Crippen LogP contribution is -2.17. The average molecular weight is 326 g/mol. The van der Waals surface area contributed by atoms with Crippen LogP contribution in [0.3, 0.4) is 0 Å². The number of benzene rings is 2. The summed E-state index contributed by atoms with van der Waals surface area (Å²) in [5, 5.41) is 6.59. The van der Waals surface area contributed by atoms with Gasteiger partial charge >= 0.3 is 0 Å². The van der Waals surface area contributed by atoms with Gasteiger partial charge in [-0.3, -0.25) is 4.79 Å². The Morgan fingerprint density at radius 1 is 1.17 bits per heavy atom. The van der Waals surface area contributed by atoms with Crippen molar-refractivity contribution in [3.63, 3.8) is 0 Å². The maximum Gasteiger partial charge on any atom is 0.265 e. The van der Waals surface area contributed by atoms with Gasteiger partial charge in [-0.15, -0.1) is 0 Å². The Bertz CT molecular complexity index is 681. The molecule has 1 amide bonds. The van der Waals surface area contributed by atoms with Gasteiger partial charge in [0.05, 0.1) is 12.8 Å². The van der Waals surface area contributed by atoms with E-state index in [4.69, 9.17) is 9.57 Å². The van der Waals surface area contributed by atoms with E-state index in [0.717, 1.165) is 23.4 Å².